The van der Waals surface area contributed by atoms with Crippen LogP contribution in [0, 0.1) is 0 Å². The van der Waals surface area contributed by atoms with Crippen molar-refractivity contribution in [2.75, 3.05) is 0 Å². The van der Waals surface area contributed by atoms with Crippen molar-refractivity contribution in [1.29, 1.82) is 0 Å². The van der Waals surface area contributed by atoms with E-state index >= 15 is 0 Å². The fourth-order valence-electron chi connectivity index (χ4n) is 1.32. The summed E-state index contributed by atoms with van der Waals surface area (Å²) in [6.45, 7) is -5.13. The number of rotatable bonds is 2. The molecule has 16 heavy (non-hydrogen) atoms. The number of carbonyl (C=O) groups is 1. The van der Waals surface area contributed by atoms with Gasteiger partial charge in [0, 0.05) is 16.6 Å². The van der Waals surface area contributed by atoms with Crippen molar-refractivity contribution >= 4 is 29.9 Å². The van der Waals surface area contributed by atoms with Crippen LogP contribution in [0.5, 0.6) is 0 Å². The Balaban J connectivity index is 0.00000128. The third-order valence-electron chi connectivity index (χ3n) is 2.02. The Bertz CT molecular complexity index is 521. The minimum absolute atomic E-state index is 0. The van der Waals surface area contributed by atoms with Gasteiger partial charge in [-0.05, 0) is 24.3 Å². The topological polar surface area (TPSA) is 30.2 Å². The fourth-order valence-corrected chi connectivity index (χ4v) is 1.32. The van der Waals surface area contributed by atoms with E-state index in [1.807, 2.05) is 0 Å². The maximum atomic E-state index is 12.3. The molecule has 0 bridgehead atoms. The molecule has 1 aromatic carbocycles. The predicted molar refractivity (Wildman–Crippen MR) is 50.3 cm³/mol. The first-order valence-electron chi connectivity index (χ1n) is 4.19. The number of benzene rings is 1. The third-order valence-corrected chi connectivity index (χ3v) is 2.02. The van der Waals surface area contributed by atoms with Crippen LogP contribution in [0.3, 0.4) is 0 Å². The van der Waals surface area contributed by atoms with Crippen LogP contribution in [-0.4, -0.2) is 13.3 Å². The summed E-state index contributed by atoms with van der Waals surface area (Å²) in [5.41, 5.74) is -0.535. The van der Waals surface area contributed by atoms with Gasteiger partial charge in [-0.2, -0.15) is 0 Å². The Hall–Kier alpha value is -0.0787. The van der Waals surface area contributed by atoms with E-state index in [1.54, 1.807) is 0 Å². The van der Waals surface area contributed by atoms with Gasteiger partial charge >= 0.3 is 58.4 Å². The van der Waals surface area contributed by atoms with Crippen LogP contribution in [0.1, 0.15) is 10.4 Å². The molecule has 0 radical (unpaired) electrons. The number of halogens is 3. The zero-order chi connectivity index (χ0) is 11.1. The molecule has 1 heterocycles. The van der Waals surface area contributed by atoms with E-state index in [1.165, 1.54) is 18.2 Å². The van der Waals surface area contributed by atoms with Gasteiger partial charge in [-0.15, -0.1) is 0 Å². The predicted octanol–water partition coefficient (Wildman–Crippen LogP) is -0.696. The summed E-state index contributed by atoms with van der Waals surface area (Å²) < 4.78 is 41.5. The molecule has 2 rings (SSSR count). The molecule has 0 fully saturated rings. The molecule has 0 N–H and O–H groups in total. The normalized spacial score (nSPS) is 11.2. The second-order valence-electron chi connectivity index (χ2n) is 3.14. The maximum absolute atomic E-state index is 12.3. The van der Waals surface area contributed by atoms with Crippen molar-refractivity contribution in [1.82, 2.24) is 0 Å². The smallest absolute Gasteiger partial charge is 0.493 e. The van der Waals surface area contributed by atoms with E-state index in [-0.39, 0.29) is 62.4 Å². The molecule has 0 unspecified atom stereocenters. The zero-order valence-corrected chi connectivity index (χ0v) is 11.5. The number of fused-ring (bicyclic) bond motifs is 1. The Labute approximate surface area is 132 Å². The Morgan fingerprint density at radius 2 is 1.88 bits per heavy atom. The Morgan fingerprint density at radius 3 is 2.44 bits per heavy atom. The van der Waals surface area contributed by atoms with E-state index in [9.17, 15) is 17.7 Å². The minimum atomic E-state index is -5.13. The molecular formula is C9H5BF3KO2. The molecule has 0 saturated heterocycles. The van der Waals surface area contributed by atoms with Gasteiger partial charge in [0.05, 0.1) is 0 Å². The molecule has 0 amide bonds. The van der Waals surface area contributed by atoms with Gasteiger partial charge in [-0.1, -0.05) is 0 Å². The molecular weight excluding hydrogens is 247 g/mol. The first-order chi connectivity index (χ1) is 7.00. The summed E-state index contributed by atoms with van der Waals surface area (Å²) >= 11 is 0. The minimum Gasteiger partial charge on any atom is -0.493 e. The average molecular weight is 252 g/mol. The molecule has 0 aliphatic heterocycles. The SMILES string of the molecule is O=Cc1ccc2oc([B-](F)(F)F)cc2c1.[K+]. The summed E-state index contributed by atoms with van der Waals surface area (Å²) in [7, 11) is 0. The first kappa shape index (κ1) is 14.0. The van der Waals surface area contributed by atoms with Crippen LogP contribution >= 0.6 is 0 Å². The number of hydrogen-bond donors (Lipinski definition) is 0. The zero-order valence-electron chi connectivity index (χ0n) is 8.41. The van der Waals surface area contributed by atoms with Gasteiger partial charge < -0.3 is 17.4 Å². The molecule has 1 aromatic heterocycles. The summed E-state index contributed by atoms with van der Waals surface area (Å²) in [6.07, 6.45) is 0.574. The van der Waals surface area contributed by atoms with E-state index in [0.717, 1.165) is 6.07 Å². The molecule has 0 atom stereocenters. The van der Waals surface area contributed by atoms with E-state index in [4.69, 9.17) is 0 Å². The van der Waals surface area contributed by atoms with Crippen molar-refractivity contribution in [2.24, 2.45) is 0 Å². The molecule has 0 saturated carbocycles. The Morgan fingerprint density at radius 1 is 1.19 bits per heavy atom. The van der Waals surface area contributed by atoms with Crippen molar-refractivity contribution in [3.05, 3.63) is 29.8 Å². The molecule has 2 nitrogen and oxygen atoms in total. The van der Waals surface area contributed by atoms with Crippen LogP contribution < -0.4 is 57.0 Å². The van der Waals surface area contributed by atoms with Crippen molar-refractivity contribution in [3.63, 3.8) is 0 Å². The van der Waals surface area contributed by atoms with Crippen LogP contribution in [0.25, 0.3) is 11.0 Å². The van der Waals surface area contributed by atoms with Gasteiger partial charge in [0.25, 0.3) is 0 Å². The van der Waals surface area contributed by atoms with E-state index in [0.29, 0.717) is 11.8 Å². The van der Waals surface area contributed by atoms with Crippen molar-refractivity contribution in [2.45, 2.75) is 0 Å². The van der Waals surface area contributed by atoms with Gasteiger partial charge in [-0.25, -0.2) is 0 Å². The summed E-state index contributed by atoms with van der Waals surface area (Å²) in [4.78, 5) is 10.4. The second-order valence-corrected chi connectivity index (χ2v) is 3.14. The second kappa shape index (κ2) is 5.05. The molecule has 0 aliphatic rings. The molecule has 0 spiro atoms. The number of hydrogen-bond acceptors (Lipinski definition) is 2. The Kier molecular flexibility index (Phi) is 4.42. The van der Waals surface area contributed by atoms with E-state index < -0.39 is 12.6 Å². The van der Waals surface area contributed by atoms with Crippen LogP contribution in [0.15, 0.2) is 28.7 Å². The van der Waals surface area contributed by atoms with Gasteiger partial charge in [0.2, 0.25) is 0 Å². The summed E-state index contributed by atoms with van der Waals surface area (Å²) in [5.74, 6) is 0. The molecule has 7 heteroatoms. The fraction of sp³-hybridized carbons (Fsp3) is 0. The molecule has 78 valence electrons. The molecule has 0 aliphatic carbocycles. The van der Waals surface area contributed by atoms with Crippen LogP contribution in [-0.2, 0) is 0 Å². The van der Waals surface area contributed by atoms with Gasteiger partial charge in [-0.3, -0.25) is 4.79 Å². The largest absolute Gasteiger partial charge is 1.00 e. The monoisotopic (exact) mass is 252 g/mol. The average Bonchev–Trinajstić information content (AvgIpc) is 2.59. The number of aldehydes is 1. The van der Waals surface area contributed by atoms with E-state index in [2.05, 4.69) is 4.42 Å². The van der Waals surface area contributed by atoms with Crippen molar-refractivity contribution < 1.29 is 73.5 Å². The number of carbonyl (C=O) groups excluding carboxylic acids is 1. The summed E-state index contributed by atoms with van der Waals surface area (Å²) in [5, 5.41) is 0.286. The number of furan rings is 1. The standard InChI is InChI=1S/C9H5BF3O2.K/c11-10(12,13)9-4-7-3-6(5-14)1-2-8(7)15-9;/h1-5H;/q-1;+1. The van der Waals surface area contributed by atoms with Gasteiger partial charge in [0.15, 0.2) is 0 Å². The van der Waals surface area contributed by atoms with Gasteiger partial charge in [0.1, 0.15) is 11.9 Å². The molecule has 2 aromatic rings. The first-order valence-corrected chi connectivity index (χ1v) is 4.19. The van der Waals surface area contributed by atoms with Crippen LogP contribution in [0.4, 0.5) is 12.9 Å². The van der Waals surface area contributed by atoms with Crippen LogP contribution in [0.2, 0.25) is 0 Å². The maximum Gasteiger partial charge on any atom is 1.00 e. The quantitative estimate of drug-likeness (QED) is 0.523. The third kappa shape index (κ3) is 2.78. The van der Waals surface area contributed by atoms with Crippen molar-refractivity contribution in [3.8, 4) is 0 Å². The summed E-state index contributed by atoms with van der Waals surface area (Å²) in [6, 6.07) is 5.02.